The highest BCUT2D eigenvalue weighted by Crippen LogP contribution is 2.24. The van der Waals surface area contributed by atoms with Crippen LogP contribution in [0.25, 0.3) is 0 Å². The minimum absolute atomic E-state index is 0.138. The Labute approximate surface area is 112 Å². The Morgan fingerprint density at radius 3 is 3.00 bits per heavy atom. The van der Waals surface area contributed by atoms with Crippen LogP contribution in [0.15, 0.2) is 18.2 Å². The van der Waals surface area contributed by atoms with E-state index in [9.17, 15) is 9.59 Å². The quantitative estimate of drug-likeness (QED) is 0.852. The maximum atomic E-state index is 11.8. The highest BCUT2D eigenvalue weighted by molar-refractivity contribution is 6.01. The van der Waals surface area contributed by atoms with Gasteiger partial charge in [-0.05, 0) is 30.5 Å². The zero-order valence-corrected chi connectivity index (χ0v) is 10.9. The molecule has 2 rings (SSSR count). The second-order valence-corrected chi connectivity index (χ2v) is 4.70. The number of ketones is 1. The second kappa shape index (κ2) is 5.95. The average Bonchev–Trinajstić information content (AvgIpc) is 2.40. The number of amides is 1. The lowest BCUT2D eigenvalue weighted by atomic mass is 9.90. The molecule has 5 nitrogen and oxygen atoms in total. The van der Waals surface area contributed by atoms with E-state index in [1.54, 1.807) is 12.1 Å². The van der Waals surface area contributed by atoms with Gasteiger partial charge in [-0.1, -0.05) is 6.07 Å². The number of ether oxygens (including phenoxy) is 1. The first-order valence-corrected chi connectivity index (χ1v) is 6.33. The Morgan fingerprint density at radius 2 is 2.26 bits per heavy atom. The molecule has 1 aromatic carbocycles. The van der Waals surface area contributed by atoms with Gasteiger partial charge in [0.2, 0.25) is 5.91 Å². The summed E-state index contributed by atoms with van der Waals surface area (Å²) >= 11 is 0. The van der Waals surface area contributed by atoms with E-state index >= 15 is 0 Å². The number of anilines is 1. The summed E-state index contributed by atoms with van der Waals surface area (Å²) in [6.45, 7) is 0.162. The molecule has 0 fully saturated rings. The van der Waals surface area contributed by atoms with E-state index in [1.807, 2.05) is 6.07 Å². The number of carbonyl (C=O) groups excluding carboxylic acids is 2. The molecule has 0 aliphatic heterocycles. The largest absolute Gasteiger partial charge is 0.383 e. The lowest BCUT2D eigenvalue weighted by Crippen LogP contribution is -2.39. The van der Waals surface area contributed by atoms with Crippen LogP contribution >= 0.6 is 0 Å². The smallest absolute Gasteiger partial charge is 0.243 e. The summed E-state index contributed by atoms with van der Waals surface area (Å²) in [5.74, 6) is -0.177. The molecule has 0 aromatic heterocycles. The Balaban J connectivity index is 2.12. The van der Waals surface area contributed by atoms with Gasteiger partial charge >= 0.3 is 0 Å². The van der Waals surface area contributed by atoms with E-state index in [0.717, 1.165) is 18.4 Å². The molecule has 0 saturated carbocycles. The van der Waals surface area contributed by atoms with Gasteiger partial charge in [-0.25, -0.2) is 0 Å². The van der Waals surface area contributed by atoms with Crippen molar-refractivity contribution in [2.45, 2.75) is 25.3 Å². The molecule has 1 aliphatic carbocycles. The maximum Gasteiger partial charge on any atom is 0.243 e. The molecule has 0 spiro atoms. The number of carbonyl (C=O) groups is 2. The molecular weight excluding hydrogens is 244 g/mol. The molecule has 0 heterocycles. The van der Waals surface area contributed by atoms with Crippen molar-refractivity contribution in [2.75, 3.05) is 19.0 Å². The van der Waals surface area contributed by atoms with Crippen molar-refractivity contribution in [1.29, 1.82) is 0 Å². The van der Waals surface area contributed by atoms with Crippen LogP contribution in [0, 0.1) is 0 Å². The molecule has 0 saturated heterocycles. The van der Waals surface area contributed by atoms with Crippen LogP contribution in [0.4, 0.5) is 5.69 Å². The number of hydrogen-bond donors (Lipinski definition) is 2. The summed E-state index contributed by atoms with van der Waals surface area (Å²) in [4.78, 5) is 23.6. The van der Waals surface area contributed by atoms with Gasteiger partial charge in [0, 0.05) is 24.8 Å². The van der Waals surface area contributed by atoms with Crippen molar-refractivity contribution >= 4 is 17.4 Å². The number of methoxy groups -OCH3 is 1. The number of hydrogen-bond acceptors (Lipinski definition) is 4. The van der Waals surface area contributed by atoms with E-state index in [1.165, 1.54) is 7.11 Å². The number of benzene rings is 1. The lowest BCUT2D eigenvalue weighted by molar-refractivity contribution is -0.118. The van der Waals surface area contributed by atoms with Crippen molar-refractivity contribution in [2.24, 2.45) is 5.73 Å². The number of fused-ring (bicyclic) bond motifs is 1. The van der Waals surface area contributed by atoms with Gasteiger partial charge in [-0.2, -0.15) is 0 Å². The Hall–Kier alpha value is -1.72. The van der Waals surface area contributed by atoms with Crippen LogP contribution in [0.5, 0.6) is 0 Å². The van der Waals surface area contributed by atoms with Gasteiger partial charge in [0.05, 0.1) is 6.61 Å². The third kappa shape index (κ3) is 3.19. The summed E-state index contributed by atoms with van der Waals surface area (Å²) in [5, 5.41) is 2.70. The predicted octanol–water partition coefficient (Wildman–Crippen LogP) is 1.12. The summed E-state index contributed by atoms with van der Waals surface area (Å²) in [5.41, 5.74) is 8.00. The molecule has 19 heavy (non-hydrogen) atoms. The molecule has 0 radical (unpaired) electrons. The molecule has 3 N–H and O–H groups in total. The third-order valence-electron chi connectivity index (χ3n) is 3.21. The molecule has 1 aromatic rings. The van der Waals surface area contributed by atoms with Crippen molar-refractivity contribution < 1.29 is 14.3 Å². The summed E-state index contributed by atoms with van der Waals surface area (Å²) in [6, 6.07) is 4.71. The monoisotopic (exact) mass is 262 g/mol. The summed E-state index contributed by atoms with van der Waals surface area (Å²) in [6.07, 6.45) is 2.39. The van der Waals surface area contributed by atoms with E-state index < -0.39 is 6.04 Å². The first-order valence-electron chi connectivity index (χ1n) is 6.33. The molecule has 1 aliphatic rings. The minimum atomic E-state index is -0.711. The number of aryl methyl sites for hydroxylation is 1. The summed E-state index contributed by atoms with van der Waals surface area (Å²) < 4.78 is 4.83. The number of Topliss-reactive ketones (excluding diaryl/α,β-unsaturated/α-hetero) is 1. The van der Waals surface area contributed by atoms with Crippen LogP contribution in [0.1, 0.15) is 28.8 Å². The second-order valence-electron chi connectivity index (χ2n) is 4.70. The van der Waals surface area contributed by atoms with Crippen molar-refractivity contribution in [3.63, 3.8) is 0 Å². The zero-order valence-electron chi connectivity index (χ0n) is 10.9. The fourth-order valence-corrected chi connectivity index (χ4v) is 2.20. The molecule has 1 atom stereocenters. The normalized spacial score (nSPS) is 15.8. The van der Waals surface area contributed by atoms with E-state index in [-0.39, 0.29) is 18.3 Å². The number of rotatable bonds is 4. The first-order chi connectivity index (χ1) is 9.11. The zero-order chi connectivity index (χ0) is 13.8. The van der Waals surface area contributed by atoms with Crippen LogP contribution in [-0.2, 0) is 16.0 Å². The van der Waals surface area contributed by atoms with Crippen LogP contribution in [0.3, 0.4) is 0 Å². The SMILES string of the molecule is COCC(N)C(=O)Nc1ccc2c(c1)C(=O)CCC2. The van der Waals surface area contributed by atoms with Crippen LogP contribution in [0.2, 0.25) is 0 Å². The van der Waals surface area contributed by atoms with Gasteiger partial charge in [-0.15, -0.1) is 0 Å². The lowest BCUT2D eigenvalue weighted by Gasteiger charge is -2.17. The Kier molecular flexibility index (Phi) is 4.29. The fraction of sp³-hybridized carbons (Fsp3) is 0.429. The van der Waals surface area contributed by atoms with Gasteiger partial charge in [0.1, 0.15) is 6.04 Å². The Morgan fingerprint density at radius 1 is 1.47 bits per heavy atom. The first kappa shape index (κ1) is 13.7. The summed E-state index contributed by atoms with van der Waals surface area (Å²) in [7, 11) is 1.49. The van der Waals surface area contributed by atoms with Gasteiger partial charge in [0.25, 0.3) is 0 Å². The standard InChI is InChI=1S/C14H18N2O3/c1-19-8-12(15)14(18)16-10-6-5-9-3-2-4-13(17)11(9)7-10/h5-7,12H,2-4,8,15H2,1H3,(H,16,18). The van der Waals surface area contributed by atoms with Crippen LogP contribution < -0.4 is 11.1 Å². The van der Waals surface area contributed by atoms with Gasteiger partial charge < -0.3 is 15.8 Å². The maximum absolute atomic E-state index is 11.8. The molecule has 5 heteroatoms. The topological polar surface area (TPSA) is 81.4 Å². The van der Waals surface area contributed by atoms with Crippen molar-refractivity contribution in [1.82, 2.24) is 0 Å². The fourth-order valence-electron chi connectivity index (χ4n) is 2.20. The molecule has 1 amide bonds. The molecule has 0 bridgehead atoms. The van der Waals surface area contributed by atoms with Crippen molar-refractivity contribution in [3.8, 4) is 0 Å². The molecule has 1 unspecified atom stereocenters. The average molecular weight is 262 g/mol. The highest BCUT2D eigenvalue weighted by Gasteiger charge is 2.18. The van der Waals surface area contributed by atoms with Gasteiger partial charge in [0.15, 0.2) is 5.78 Å². The third-order valence-corrected chi connectivity index (χ3v) is 3.21. The Bertz CT molecular complexity index is 499. The van der Waals surface area contributed by atoms with Crippen LogP contribution in [-0.4, -0.2) is 31.4 Å². The number of nitrogens with one attached hydrogen (secondary N) is 1. The van der Waals surface area contributed by atoms with Crippen molar-refractivity contribution in [3.05, 3.63) is 29.3 Å². The van der Waals surface area contributed by atoms with E-state index in [0.29, 0.717) is 17.7 Å². The van der Waals surface area contributed by atoms with E-state index in [2.05, 4.69) is 5.32 Å². The molecule has 102 valence electrons. The van der Waals surface area contributed by atoms with E-state index in [4.69, 9.17) is 10.5 Å². The predicted molar refractivity (Wildman–Crippen MR) is 72.2 cm³/mol. The molecular formula is C14H18N2O3. The van der Waals surface area contributed by atoms with Gasteiger partial charge in [-0.3, -0.25) is 9.59 Å². The highest BCUT2D eigenvalue weighted by atomic mass is 16.5. The number of nitrogens with two attached hydrogens (primary N) is 1. The minimum Gasteiger partial charge on any atom is -0.383 e.